The van der Waals surface area contributed by atoms with Gasteiger partial charge in [0.2, 0.25) is 0 Å². The van der Waals surface area contributed by atoms with Gasteiger partial charge in [0, 0.05) is 5.56 Å². The highest BCUT2D eigenvalue weighted by molar-refractivity contribution is 5.92. The van der Waals surface area contributed by atoms with Gasteiger partial charge in [-0.05, 0) is 30.3 Å². The van der Waals surface area contributed by atoms with Crippen LogP contribution in [0.15, 0.2) is 78.9 Å². The highest BCUT2D eigenvalue weighted by atomic mass is 16.5. The molecule has 0 amide bonds. The van der Waals surface area contributed by atoms with Gasteiger partial charge in [-0.1, -0.05) is 48.5 Å². The molecule has 3 aromatic carbocycles. The van der Waals surface area contributed by atoms with E-state index in [0.29, 0.717) is 29.0 Å². The number of nitrogens with zero attached hydrogens (tertiary/aromatic N) is 1. The van der Waals surface area contributed by atoms with Crippen LogP contribution in [0.3, 0.4) is 0 Å². The number of carbonyl (C=O) groups is 1. The number of hydrogen-bond acceptors (Lipinski definition) is 5. The molecule has 0 saturated heterocycles. The predicted octanol–water partition coefficient (Wildman–Crippen LogP) is 4.37. The molecule has 0 aliphatic rings. The van der Waals surface area contributed by atoms with Crippen molar-refractivity contribution >= 4 is 5.97 Å². The summed E-state index contributed by atoms with van der Waals surface area (Å²) in [6, 6.07) is 25.4. The monoisotopic (exact) mass is 373 g/mol. The highest BCUT2D eigenvalue weighted by Crippen LogP contribution is 2.20. The summed E-state index contributed by atoms with van der Waals surface area (Å²) in [6.07, 6.45) is 0. The van der Waals surface area contributed by atoms with Gasteiger partial charge in [-0.25, -0.2) is 4.79 Å². The van der Waals surface area contributed by atoms with Crippen LogP contribution in [0.25, 0.3) is 0 Å². The van der Waals surface area contributed by atoms with Crippen molar-refractivity contribution in [3.8, 4) is 17.6 Å². The fourth-order valence-electron chi connectivity index (χ4n) is 2.57. The van der Waals surface area contributed by atoms with E-state index in [2.05, 4.69) is 6.07 Å². The van der Waals surface area contributed by atoms with Crippen molar-refractivity contribution in [2.75, 3.05) is 13.2 Å². The highest BCUT2D eigenvalue weighted by Gasteiger charge is 2.14. The van der Waals surface area contributed by atoms with Crippen molar-refractivity contribution in [2.45, 2.75) is 6.61 Å². The van der Waals surface area contributed by atoms with Gasteiger partial charge in [-0.2, -0.15) is 5.26 Å². The molecule has 0 aliphatic carbocycles. The molecule has 5 heteroatoms. The van der Waals surface area contributed by atoms with E-state index in [0.717, 1.165) is 5.75 Å². The zero-order valence-corrected chi connectivity index (χ0v) is 15.2. The Kier molecular flexibility index (Phi) is 6.64. The van der Waals surface area contributed by atoms with Gasteiger partial charge in [0.15, 0.2) is 0 Å². The van der Waals surface area contributed by atoms with Gasteiger partial charge in [0.05, 0.1) is 11.6 Å². The van der Waals surface area contributed by atoms with Crippen LogP contribution in [0.2, 0.25) is 0 Å². The van der Waals surface area contributed by atoms with Crippen molar-refractivity contribution in [3.05, 3.63) is 95.6 Å². The summed E-state index contributed by atoms with van der Waals surface area (Å²) in [5.74, 6) is 0.681. The average molecular weight is 373 g/mol. The molecule has 5 nitrogen and oxygen atoms in total. The van der Waals surface area contributed by atoms with Gasteiger partial charge < -0.3 is 14.2 Å². The first kappa shape index (κ1) is 19.0. The lowest BCUT2D eigenvalue weighted by molar-refractivity contribution is 0.0467. The van der Waals surface area contributed by atoms with Crippen LogP contribution in [0, 0.1) is 11.3 Å². The molecule has 140 valence electrons. The molecule has 0 unspecified atom stereocenters. The zero-order chi connectivity index (χ0) is 19.6. The number of rotatable bonds is 8. The molecule has 3 rings (SSSR count). The van der Waals surface area contributed by atoms with Gasteiger partial charge >= 0.3 is 5.97 Å². The van der Waals surface area contributed by atoms with E-state index >= 15 is 0 Å². The van der Waals surface area contributed by atoms with E-state index in [4.69, 9.17) is 19.5 Å². The molecule has 0 atom stereocenters. The van der Waals surface area contributed by atoms with Crippen molar-refractivity contribution < 1.29 is 19.0 Å². The minimum absolute atomic E-state index is 0.0218. The van der Waals surface area contributed by atoms with Crippen LogP contribution in [-0.2, 0) is 11.3 Å². The largest absolute Gasteiger partial charge is 0.490 e. The van der Waals surface area contributed by atoms with Crippen LogP contribution in [0.5, 0.6) is 11.5 Å². The Labute approximate surface area is 163 Å². The fourth-order valence-corrected chi connectivity index (χ4v) is 2.57. The lowest BCUT2D eigenvalue weighted by atomic mass is 10.1. The maximum Gasteiger partial charge on any atom is 0.342 e. The lowest BCUT2D eigenvalue weighted by Crippen LogP contribution is -2.12. The summed E-state index contributed by atoms with van der Waals surface area (Å²) in [6.45, 7) is 0.660. The van der Waals surface area contributed by atoms with Gasteiger partial charge in [0.25, 0.3) is 0 Å². The minimum atomic E-state index is -0.507. The maximum absolute atomic E-state index is 12.5. The third-order valence-corrected chi connectivity index (χ3v) is 3.96. The number of hydrogen-bond donors (Lipinski definition) is 0. The molecule has 0 spiro atoms. The van der Waals surface area contributed by atoms with Crippen LogP contribution in [0.4, 0.5) is 0 Å². The first-order valence-corrected chi connectivity index (χ1v) is 8.83. The number of carbonyl (C=O) groups excluding carboxylic acids is 1. The molecule has 0 aliphatic heterocycles. The standard InChI is InChI=1S/C23H19NO4/c24-16-18-8-4-5-9-19(18)17-28-23(25)21-12-6-7-13-22(21)27-15-14-26-20-10-2-1-3-11-20/h1-13H,14-15,17H2. The second-order valence-corrected chi connectivity index (χ2v) is 5.85. The Balaban J connectivity index is 1.56. The summed E-state index contributed by atoms with van der Waals surface area (Å²) in [5.41, 5.74) is 1.47. The quantitative estimate of drug-likeness (QED) is 0.433. The molecule has 0 heterocycles. The first-order chi connectivity index (χ1) is 13.8. The summed E-state index contributed by atoms with van der Waals surface area (Å²) >= 11 is 0. The SMILES string of the molecule is N#Cc1ccccc1COC(=O)c1ccccc1OCCOc1ccccc1. The van der Waals surface area contributed by atoms with Crippen molar-refractivity contribution in [1.82, 2.24) is 0 Å². The van der Waals surface area contributed by atoms with E-state index in [-0.39, 0.29) is 13.2 Å². The molecule has 0 fully saturated rings. The minimum Gasteiger partial charge on any atom is -0.490 e. The van der Waals surface area contributed by atoms with Gasteiger partial charge in [0.1, 0.15) is 36.9 Å². The van der Waals surface area contributed by atoms with Gasteiger partial charge in [-0.3, -0.25) is 0 Å². The Hall–Kier alpha value is -3.78. The van der Waals surface area contributed by atoms with Crippen molar-refractivity contribution in [3.63, 3.8) is 0 Å². The normalized spacial score (nSPS) is 9.96. The van der Waals surface area contributed by atoms with Crippen LogP contribution >= 0.6 is 0 Å². The molecular weight excluding hydrogens is 354 g/mol. The predicted molar refractivity (Wildman–Crippen MR) is 104 cm³/mol. The fraction of sp³-hybridized carbons (Fsp3) is 0.130. The lowest BCUT2D eigenvalue weighted by Gasteiger charge is -2.12. The molecule has 0 aromatic heterocycles. The first-order valence-electron chi connectivity index (χ1n) is 8.83. The van der Waals surface area contributed by atoms with Crippen molar-refractivity contribution in [2.24, 2.45) is 0 Å². The molecule has 0 N–H and O–H groups in total. The second kappa shape index (κ2) is 9.79. The molecule has 0 bridgehead atoms. The topological polar surface area (TPSA) is 68.5 Å². The Morgan fingerprint density at radius 3 is 2.32 bits per heavy atom. The van der Waals surface area contributed by atoms with Gasteiger partial charge in [-0.15, -0.1) is 0 Å². The van der Waals surface area contributed by atoms with Crippen LogP contribution in [-0.4, -0.2) is 19.2 Å². The molecule has 28 heavy (non-hydrogen) atoms. The number of ether oxygens (including phenoxy) is 3. The number of nitriles is 1. The maximum atomic E-state index is 12.5. The van der Waals surface area contributed by atoms with E-state index < -0.39 is 5.97 Å². The summed E-state index contributed by atoms with van der Waals surface area (Å²) < 4.78 is 16.7. The Morgan fingerprint density at radius 1 is 0.821 bits per heavy atom. The average Bonchev–Trinajstić information content (AvgIpc) is 2.76. The van der Waals surface area contributed by atoms with E-state index in [1.54, 1.807) is 48.5 Å². The summed E-state index contributed by atoms with van der Waals surface area (Å²) in [7, 11) is 0. The third kappa shape index (κ3) is 5.12. The smallest absolute Gasteiger partial charge is 0.342 e. The Bertz CT molecular complexity index is 964. The zero-order valence-electron chi connectivity index (χ0n) is 15.2. The third-order valence-electron chi connectivity index (χ3n) is 3.96. The number of benzene rings is 3. The van der Waals surface area contributed by atoms with Crippen LogP contribution in [0.1, 0.15) is 21.5 Å². The summed E-state index contributed by atoms with van der Waals surface area (Å²) in [5, 5.41) is 9.13. The molecule has 0 saturated carbocycles. The van der Waals surface area contributed by atoms with E-state index in [1.165, 1.54) is 0 Å². The molecule has 0 radical (unpaired) electrons. The number of para-hydroxylation sites is 2. The van der Waals surface area contributed by atoms with E-state index in [9.17, 15) is 4.79 Å². The number of esters is 1. The molecule has 3 aromatic rings. The van der Waals surface area contributed by atoms with Crippen molar-refractivity contribution in [1.29, 1.82) is 5.26 Å². The summed E-state index contributed by atoms with van der Waals surface area (Å²) in [4.78, 5) is 12.5. The molecular formula is C23H19NO4. The van der Waals surface area contributed by atoms with E-state index in [1.807, 2.05) is 30.3 Å². The second-order valence-electron chi connectivity index (χ2n) is 5.85. The Morgan fingerprint density at radius 2 is 1.50 bits per heavy atom. The van der Waals surface area contributed by atoms with Crippen LogP contribution < -0.4 is 9.47 Å².